The second kappa shape index (κ2) is 5.54. The Labute approximate surface area is 107 Å². The Balaban J connectivity index is 2.05. The molecule has 1 aromatic carbocycles. The van der Waals surface area contributed by atoms with Crippen LogP contribution in [0.2, 0.25) is 5.02 Å². The van der Waals surface area contributed by atoms with Gasteiger partial charge in [0.1, 0.15) is 0 Å². The predicted octanol–water partition coefficient (Wildman–Crippen LogP) is 4.35. The average molecular weight is 252 g/mol. The van der Waals surface area contributed by atoms with E-state index in [1.165, 1.54) is 19.3 Å². The number of carbonyl (C=O) groups is 1. The highest BCUT2D eigenvalue weighted by atomic mass is 35.5. The number of fused-ring (bicyclic) bond motifs is 1. The lowest BCUT2D eigenvalue weighted by Crippen LogP contribution is -2.11. The third-order valence-electron chi connectivity index (χ3n) is 3.33. The van der Waals surface area contributed by atoms with Crippen LogP contribution in [0.15, 0.2) is 18.2 Å². The van der Waals surface area contributed by atoms with Gasteiger partial charge in [-0.25, -0.2) is 0 Å². The van der Waals surface area contributed by atoms with Crippen molar-refractivity contribution in [3.05, 3.63) is 28.8 Å². The first-order valence-corrected chi connectivity index (χ1v) is 6.71. The van der Waals surface area contributed by atoms with Gasteiger partial charge in [0.25, 0.3) is 0 Å². The molecule has 1 unspecified atom stereocenters. The van der Waals surface area contributed by atoms with Gasteiger partial charge < -0.3 is 5.32 Å². The van der Waals surface area contributed by atoms with E-state index >= 15 is 0 Å². The van der Waals surface area contributed by atoms with Crippen molar-refractivity contribution in [2.75, 3.05) is 5.32 Å². The van der Waals surface area contributed by atoms with Crippen molar-refractivity contribution in [2.45, 2.75) is 44.9 Å². The van der Waals surface area contributed by atoms with Crippen LogP contribution in [0.1, 0.15) is 50.5 Å². The number of hydrogen-bond donors (Lipinski definition) is 1. The highest BCUT2D eigenvalue weighted by Gasteiger charge is 2.30. The van der Waals surface area contributed by atoms with Gasteiger partial charge in [0.05, 0.1) is 16.6 Å². The second-order valence-corrected chi connectivity index (χ2v) is 5.00. The van der Waals surface area contributed by atoms with Crippen molar-refractivity contribution in [1.29, 1.82) is 0 Å². The monoisotopic (exact) mass is 251 g/mol. The minimum atomic E-state index is 0.000515. The molecule has 17 heavy (non-hydrogen) atoms. The molecule has 1 aliphatic rings. The lowest BCUT2D eigenvalue weighted by Gasteiger charge is -2.08. The second-order valence-electron chi connectivity index (χ2n) is 4.60. The van der Waals surface area contributed by atoms with Gasteiger partial charge in [0.15, 0.2) is 0 Å². The molecule has 1 heterocycles. The van der Waals surface area contributed by atoms with E-state index < -0.39 is 0 Å². The Bertz CT molecular complexity index is 417. The molecule has 0 saturated heterocycles. The molecule has 92 valence electrons. The Morgan fingerprint density at radius 3 is 2.88 bits per heavy atom. The molecule has 3 heteroatoms. The highest BCUT2D eigenvalue weighted by molar-refractivity contribution is 6.34. The van der Waals surface area contributed by atoms with Crippen LogP contribution in [0.5, 0.6) is 0 Å². The Morgan fingerprint density at radius 2 is 2.12 bits per heavy atom. The standard InChI is InChI=1S/C14H18ClNO/c1-2-3-4-5-7-11-10-8-6-9-12(15)13(10)16-14(11)17/h6,8-9,11H,2-5,7H2,1H3,(H,16,17). The zero-order valence-electron chi connectivity index (χ0n) is 10.1. The average Bonchev–Trinajstić information content (AvgIpc) is 2.63. The number of nitrogens with one attached hydrogen (secondary N) is 1. The molecule has 1 aliphatic heterocycles. The molecule has 2 nitrogen and oxygen atoms in total. The van der Waals surface area contributed by atoms with Crippen LogP contribution in [-0.2, 0) is 4.79 Å². The van der Waals surface area contributed by atoms with E-state index in [4.69, 9.17) is 11.6 Å². The van der Waals surface area contributed by atoms with Gasteiger partial charge in [0, 0.05) is 0 Å². The number of rotatable bonds is 5. The van der Waals surface area contributed by atoms with Gasteiger partial charge in [-0.05, 0) is 18.1 Å². The molecule has 1 atom stereocenters. The molecule has 0 aliphatic carbocycles. The van der Waals surface area contributed by atoms with Crippen LogP contribution < -0.4 is 5.32 Å². The number of carbonyl (C=O) groups excluding carboxylic acids is 1. The van der Waals surface area contributed by atoms with Crippen molar-refractivity contribution < 1.29 is 4.79 Å². The summed E-state index contributed by atoms with van der Waals surface area (Å²) < 4.78 is 0. The summed E-state index contributed by atoms with van der Waals surface area (Å²) in [6.07, 6.45) is 5.71. The molecule has 0 saturated carbocycles. The summed E-state index contributed by atoms with van der Waals surface area (Å²) in [5.74, 6) is 0.102. The third-order valence-corrected chi connectivity index (χ3v) is 3.65. The van der Waals surface area contributed by atoms with Crippen LogP contribution in [0.3, 0.4) is 0 Å². The quantitative estimate of drug-likeness (QED) is 0.775. The maximum absolute atomic E-state index is 11.9. The fourth-order valence-electron chi connectivity index (χ4n) is 2.38. The first-order chi connectivity index (χ1) is 8.24. The zero-order chi connectivity index (χ0) is 12.3. The summed E-state index contributed by atoms with van der Waals surface area (Å²) >= 11 is 6.07. The first-order valence-electron chi connectivity index (χ1n) is 6.33. The van der Waals surface area contributed by atoms with Crippen molar-refractivity contribution in [3.63, 3.8) is 0 Å². The van der Waals surface area contributed by atoms with E-state index in [0.29, 0.717) is 5.02 Å². The summed E-state index contributed by atoms with van der Waals surface area (Å²) in [5, 5.41) is 3.53. The number of anilines is 1. The number of benzene rings is 1. The van der Waals surface area contributed by atoms with E-state index in [1.807, 2.05) is 18.2 Å². The Morgan fingerprint density at radius 1 is 1.29 bits per heavy atom. The van der Waals surface area contributed by atoms with E-state index in [2.05, 4.69) is 12.2 Å². The van der Waals surface area contributed by atoms with Crippen LogP contribution in [0.4, 0.5) is 5.69 Å². The zero-order valence-corrected chi connectivity index (χ0v) is 10.9. The van der Waals surface area contributed by atoms with E-state index in [0.717, 1.165) is 24.1 Å². The van der Waals surface area contributed by atoms with E-state index in [9.17, 15) is 4.79 Å². The number of unbranched alkanes of at least 4 members (excludes halogenated alkanes) is 3. The van der Waals surface area contributed by atoms with Gasteiger partial charge >= 0.3 is 0 Å². The summed E-state index contributed by atoms with van der Waals surface area (Å²) in [7, 11) is 0. The van der Waals surface area contributed by atoms with E-state index in [1.54, 1.807) is 0 Å². The highest BCUT2D eigenvalue weighted by Crippen LogP contribution is 2.39. The van der Waals surface area contributed by atoms with Crippen LogP contribution in [0, 0.1) is 0 Å². The minimum Gasteiger partial charge on any atom is -0.324 e. The molecular weight excluding hydrogens is 234 g/mol. The topological polar surface area (TPSA) is 29.1 Å². The minimum absolute atomic E-state index is 0.000515. The summed E-state index contributed by atoms with van der Waals surface area (Å²) in [6, 6.07) is 5.74. The Kier molecular flexibility index (Phi) is 4.06. The predicted molar refractivity (Wildman–Crippen MR) is 71.6 cm³/mol. The summed E-state index contributed by atoms with van der Waals surface area (Å²) in [6.45, 7) is 2.19. The molecule has 1 amide bonds. The van der Waals surface area contributed by atoms with Crippen molar-refractivity contribution in [1.82, 2.24) is 0 Å². The van der Waals surface area contributed by atoms with Gasteiger partial charge in [-0.1, -0.05) is 56.3 Å². The smallest absolute Gasteiger partial charge is 0.232 e. The lowest BCUT2D eigenvalue weighted by molar-refractivity contribution is -0.117. The molecule has 2 rings (SSSR count). The fraction of sp³-hybridized carbons (Fsp3) is 0.500. The molecular formula is C14H18ClNO. The normalized spacial score (nSPS) is 18.0. The molecule has 1 N–H and O–H groups in total. The van der Waals surface area contributed by atoms with Crippen molar-refractivity contribution in [2.24, 2.45) is 0 Å². The van der Waals surface area contributed by atoms with Crippen LogP contribution in [-0.4, -0.2) is 5.91 Å². The van der Waals surface area contributed by atoms with Crippen LogP contribution >= 0.6 is 11.6 Å². The largest absolute Gasteiger partial charge is 0.324 e. The lowest BCUT2D eigenvalue weighted by atomic mass is 9.94. The van der Waals surface area contributed by atoms with Crippen molar-refractivity contribution >= 4 is 23.2 Å². The molecule has 0 radical (unpaired) electrons. The number of amides is 1. The summed E-state index contributed by atoms with van der Waals surface area (Å²) in [4.78, 5) is 11.9. The molecule has 0 spiro atoms. The molecule has 1 aromatic rings. The number of hydrogen-bond acceptors (Lipinski definition) is 1. The fourth-order valence-corrected chi connectivity index (χ4v) is 2.61. The molecule has 0 aromatic heterocycles. The van der Waals surface area contributed by atoms with Gasteiger partial charge in [-0.2, -0.15) is 0 Å². The van der Waals surface area contributed by atoms with Gasteiger partial charge in [-0.15, -0.1) is 0 Å². The Hall–Kier alpha value is -1.02. The maximum Gasteiger partial charge on any atom is 0.232 e. The SMILES string of the molecule is CCCCCCC1C(=O)Nc2c(Cl)cccc21. The van der Waals surface area contributed by atoms with Crippen LogP contribution in [0.25, 0.3) is 0 Å². The van der Waals surface area contributed by atoms with Crippen molar-refractivity contribution in [3.8, 4) is 0 Å². The maximum atomic E-state index is 11.9. The first kappa shape index (κ1) is 12.4. The third kappa shape index (κ3) is 2.63. The van der Waals surface area contributed by atoms with Gasteiger partial charge in [-0.3, -0.25) is 4.79 Å². The number of halogens is 1. The van der Waals surface area contributed by atoms with E-state index in [-0.39, 0.29) is 11.8 Å². The summed E-state index contributed by atoms with van der Waals surface area (Å²) in [5.41, 5.74) is 1.89. The molecule has 0 bridgehead atoms. The molecule has 0 fully saturated rings. The van der Waals surface area contributed by atoms with Gasteiger partial charge in [0.2, 0.25) is 5.91 Å². The number of para-hydroxylation sites is 1.